The van der Waals surface area contributed by atoms with Crippen LogP contribution in [-0.2, 0) is 0 Å². The Hall–Kier alpha value is -3.48. The van der Waals surface area contributed by atoms with Crippen molar-refractivity contribution in [3.05, 3.63) is 77.4 Å². The van der Waals surface area contributed by atoms with E-state index in [1.54, 1.807) is 23.7 Å². The van der Waals surface area contributed by atoms with Crippen molar-refractivity contribution in [2.75, 3.05) is 0 Å². The zero-order valence-electron chi connectivity index (χ0n) is 13.9. The van der Waals surface area contributed by atoms with Crippen molar-refractivity contribution in [1.29, 1.82) is 0 Å². The van der Waals surface area contributed by atoms with Gasteiger partial charge >= 0.3 is 0 Å². The summed E-state index contributed by atoms with van der Waals surface area (Å²) in [5.41, 5.74) is 7.80. The Morgan fingerprint density at radius 1 is 0.920 bits per heavy atom. The van der Waals surface area contributed by atoms with E-state index in [1.165, 1.54) is 12.4 Å². The average molecular weight is 335 g/mol. The predicted molar refractivity (Wildman–Crippen MR) is 92.2 cm³/mol. The van der Waals surface area contributed by atoms with Crippen LogP contribution in [0, 0.1) is 13.8 Å². The summed E-state index contributed by atoms with van der Waals surface area (Å²) < 4.78 is 1.70. The molecule has 2 aromatic heterocycles. The van der Waals surface area contributed by atoms with E-state index in [9.17, 15) is 9.59 Å². The van der Waals surface area contributed by atoms with Crippen LogP contribution in [0.1, 0.15) is 32.1 Å². The second kappa shape index (κ2) is 6.96. The smallest absolute Gasteiger partial charge is 0.267 e. The van der Waals surface area contributed by atoms with Gasteiger partial charge < -0.3 is 0 Å². The maximum Gasteiger partial charge on any atom is 0.273 e. The minimum atomic E-state index is -0.417. The summed E-state index contributed by atoms with van der Waals surface area (Å²) in [5.74, 6) is -0.832. The molecule has 2 N–H and O–H groups in total. The largest absolute Gasteiger partial charge is 0.273 e. The van der Waals surface area contributed by atoms with Crippen LogP contribution in [0.4, 0.5) is 0 Å². The zero-order valence-corrected chi connectivity index (χ0v) is 13.9. The van der Waals surface area contributed by atoms with E-state index in [0.29, 0.717) is 22.5 Å². The molecule has 0 saturated heterocycles. The molecule has 2 amide bonds. The molecule has 0 saturated carbocycles. The number of nitrogens with one attached hydrogen (secondary N) is 2. The summed E-state index contributed by atoms with van der Waals surface area (Å²) in [4.78, 5) is 28.3. The molecule has 7 heteroatoms. The normalized spacial score (nSPS) is 10.3. The number of aromatic nitrogens is 3. The van der Waals surface area contributed by atoms with E-state index in [2.05, 4.69) is 20.9 Å². The standard InChI is InChI=1S/C18H17N5O2/c1-12-16(13(2)23(22-12)15-6-4-3-5-7-15)18(25)21-20-17(24)14-8-10-19-11-9-14/h3-11H,1-2H3,(H,20,24)(H,21,25). The maximum atomic E-state index is 12.5. The lowest BCUT2D eigenvalue weighted by Crippen LogP contribution is -2.42. The van der Waals surface area contributed by atoms with Crippen LogP contribution in [0.15, 0.2) is 54.9 Å². The summed E-state index contributed by atoms with van der Waals surface area (Å²) in [6.45, 7) is 3.57. The Morgan fingerprint density at radius 2 is 1.56 bits per heavy atom. The molecule has 3 aromatic rings. The van der Waals surface area contributed by atoms with Crippen LogP contribution in [0.5, 0.6) is 0 Å². The zero-order chi connectivity index (χ0) is 17.8. The fourth-order valence-corrected chi connectivity index (χ4v) is 2.54. The minimum absolute atomic E-state index is 0.406. The molecule has 0 atom stereocenters. The van der Waals surface area contributed by atoms with Crippen LogP contribution in [0.25, 0.3) is 5.69 Å². The number of hydrazine groups is 1. The van der Waals surface area contributed by atoms with Crippen molar-refractivity contribution in [2.45, 2.75) is 13.8 Å². The van der Waals surface area contributed by atoms with E-state index >= 15 is 0 Å². The van der Waals surface area contributed by atoms with Gasteiger partial charge in [0.2, 0.25) is 0 Å². The Balaban J connectivity index is 1.77. The van der Waals surface area contributed by atoms with E-state index < -0.39 is 11.8 Å². The van der Waals surface area contributed by atoms with Crippen molar-refractivity contribution in [2.24, 2.45) is 0 Å². The first-order chi connectivity index (χ1) is 12.1. The Bertz CT molecular complexity index is 904. The van der Waals surface area contributed by atoms with Gasteiger partial charge in [0.1, 0.15) is 0 Å². The molecule has 2 heterocycles. The van der Waals surface area contributed by atoms with Gasteiger partial charge in [-0.2, -0.15) is 5.10 Å². The first kappa shape index (κ1) is 16.4. The van der Waals surface area contributed by atoms with Crippen LogP contribution >= 0.6 is 0 Å². The van der Waals surface area contributed by atoms with Crippen molar-refractivity contribution in [1.82, 2.24) is 25.6 Å². The fraction of sp³-hybridized carbons (Fsp3) is 0.111. The molecule has 0 bridgehead atoms. The van der Waals surface area contributed by atoms with E-state index in [0.717, 1.165) is 5.69 Å². The highest BCUT2D eigenvalue weighted by atomic mass is 16.2. The number of rotatable bonds is 3. The molecule has 0 fully saturated rings. The van der Waals surface area contributed by atoms with Gasteiger partial charge in [0.25, 0.3) is 11.8 Å². The molecule has 0 unspecified atom stereocenters. The molecule has 0 radical (unpaired) electrons. The number of aryl methyl sites for hydroxylation is 1. The van der Waals surface area contributed by atoms with Gasteiger partial charge in [0.15, 0.2) is 0 Å². The Morgan fingerprint density at radius 3 is 2.24 bits per heavy atom. The van der Waals surface area contributed by atoms with Crippen molar-refractivity contribution >= 4 is 11.8 Å². The number of hydrogen-bond donors (Lipinski definition) is 2. The monoisotopic (exact) mass is 335 g/mol. The molecule has 0 aliphatic carbocycles. The molecule has 7 nitrogen and oxygen atoms in total. The molecule has 0 aliphatic rings. The minimum Gasteiger partial charge on any atom is -0.267 e. The quantitative estimate of drug-likeness (QED) is 0.716. The first-order valence-electron chi connectivity index (χ1n) is 7.70. The molecular formula is C18H17N5O2. The summed E-state index contributed by atoms with van der Waals surface area (Å²) in [5, 5.41) is 4.42. The summed E-state index contributed by atoms with van der Waals surface area (Å²) in [6.07, 6.45) is 3.02. The molecule has 25 heavy (non-hydrogen) atoms. The summed E-state index contributed by atoms with van der Waals surface area (Å²) in [6, 6.07) is 12.7. The van der Waals surface area contributed by atoms with Crippen molar-refractivity contribution in [3.63, 3.8) is 0 Å². The van der Waals surface area contributed by atoms with Crippen LogP contribution in [-0.4, -0.2) is 26.6 Å². The Labute approximate surface area is 144 Å². The van der Waals surface area contributed by atoms with Gasteiger partial charge in [0.05, 0.1) is 22.6 Å². The second-order valence-corrected chi connectivity index (χ2v) is 5.44. The van der Waals surface area contributed by atoms with Gasteiger partial charge in [-0.15, -0.1) is 0 Å². The first-order valence-corrected chi connectivity index (χ1v) is 7.70. The van der Waals surface area contributed by atoms with E-state index in [4.69, 9.17) is 0 Å². The van der Waals surface area contributed by atoms with Gasteiger partial charge in [-0.25, -0.2) is 4.68 Å². The lowest BCUT2D eigenvalue weighted by Gasteiger charge is -2.08. The molecular weight excluding hydrogens is 318 g/mol. The van der Waals surface area contributed by atoms with Crippen LogP contribution in [0.3, 0.4) is 0 Å². The molecule has 3 rings (SSSR count). The number of amides is 2. The predicted octanol–water partition coefficient (Wildman–Crippen LogP) is 1.96. The SMILES string of the molecule is Cc1nn(-c2ccccc2)c(C)c1C(=O)NNC(=O)c1ccncc1. The Kier molecular flexibility index (Phi) is 4.56. The highest BCUT2D eigenvalue weighted by molar-refractivity contribution is 6.00. The number of carbonyl (C=O) groups is 2. The third-order valence-corrected chi connectivity index (χ3v) is 3.75. The van der Waals surface area contributed by atoms with Crippen molar-refractivity contribution < 1.29 is 9.59 Å². The van der Waals surface area contributed by atoms with Crippen LogP contribution in [0.2, 0.25) is 0 Å². The molecule has 126 valence electrons. The summed E-state index contributed by atoms with van der Waals surface area (Å²) >= 11 is 0. The van der Waals surface area contributed by atoms with E-state index in [1.807, 2.05) is 37.3 Å². The molecule has 1 aromatic carbocycles. The number of pyridine rings is 1. The maximum absolute atomic E-state index is 12.5. The lowest BCUT2D eigenvalue weighted by molar-refractivity contribution is 0.0846. The van der Waals surface area contributed by atoms with Gasteiger partial charge in [-0.3, -0.25) is 25.4 Å². The van der Waals surface area contributed by atoms with Crippen LogP contribution < -0.4 is 10.9 Å². The highest BCUT2D eigenvalue weighted by Gasteiger charge is 2.20. The number of para-hydroxylation sites is 1. The number of benzene rings is 1. The number of hydrogen-bond acceptors (Lipinski definition) is 4. The average Bonchev–Trinajstić information content (AvgIpc) is 2.95. The van der Waals surface area contributed by atoms with E-state index in [-0.39, 0.29) is 0 Å². The van der Waals surface area contributed by atoms with Gasteiger partial charge in [-0.1, -0.05) is 18.2 Å². The number of nitrogens with zero attached hydrogens (tertiary/aromatic N) is 3. The molecule has 0 spiro atoms. The second-order valence-electron chi connectivity index (χ2n) is 5.44. The third-order valence-electron chi connectivity index (χ3n) is 3.75. The van der Waals surface area contributed by atoms with Gasteiger partial charge in [-0.05, 0) is 38.1 Å². The molecule has 0 aliphatic heterocycles. The topological polar surface area (TPSA) is 88.9 Å². The van der Waals surface area contributed by atoms with Crippen molar-refractivity contribution in [3.8, 4) is 5.69 Å². The van der Waals surface area contributed by atoms with Gasteiger partial charge in [0, 0.05) is 18.0 Å². The highest BCUT2D eigenvalue weighted by Crippen LogP contribution is 2.17. The lowest BCUT2D eigenvalue weighted by atomic mass is 10.2. The number of carbonyl (C=O) groups excluding carboxylic acids is 2. The fourth-order valence-electron chi connectivity index (χ4n) is 2.54. The summed E-state index contributed by atoms with van der Waals surface area (Å²) in [7, 11) is 0. The third kappa shape index (κ3) is 3.40.